The summed E-state index contributed by atoms with van der Waals surface area (Å²) < 4.78 is 30.7. The van der Waals surface area contributed by atoms with Crippen molar-refractivity contribution in [2.24, 2.45) is 5.92 Å². The smallest absolute Gasteiger partial charge is 0.156 e. The van der Waals surface area contributed by atoms with Crippen LogP contribution in [-0.2, 0) is 9.84 Å². The highest BCUT2D eigenvalue weighted by Gasteiger charge is 2.37. The Morgan fingerprint density at radius 2 is 2.00 bits per heavy atom. The molecule has 0 bridgehead atoms. The van der Waals surface area contributed by atoms with Crippen LogP contribution in [0.4, 0.5) is 5.69 Å². The van der Waals surface area contributed by atoms with Crippen molar-refractivity contribution in [3.8, 4) is 22.8 Å². The summed E-state index contributed by atoms with van der Waals surface area (Å²) in [5.41, 5.74) is 4.26. The van der Waals surface area contributed by atoms with Gasteiger partial charge in [0, 0.05) is 66.2 Å². The van der Waals surface area contributed by atoms with E-state index in [1.54, 1.807) is 36.6 Å². The van der Waals surface area contributed by atoms with Gasteiger partial charge < -0.3 is 9.64 Å². The van der Waals surface area contributed by atoms with Crippen LogP contribution in [0.1, 0.15) is 12.6 Å². The quantitative estimate of drug-likeness (QED) is 0.417. The largest absolute Gasteiger partial charge is 0.496 e. The van der Waals surface area contributed by atoms with Gasteiger partial charge in [-0.3, -0.25) is 9.97 Å². The Balaban J connectivity index is 1.52. The van der Waals surface area contributed by atoms with Crippen molar-refractivity contribution in [2.75, 3.05) is 30.6 Å². The predicted molar refractivity (Wildman–Crippen MR) is 131 cm³/mol. The molecule has 0 radical (unpaired) electrons. The highest BCUT2D eigenvalue weighted by Crippen LogP contribution is 2.34. The summed E-state index contributed by atoms with van der Waals surface area (Å²) in [7, 11) is -1.37. The van der Waals surface area contributed by atoms with E-state index in [1.807, 2.05) is 31.2 Å². The highest BCUT2D eigenvalue weighted by atomic mass is 32.2. The molecule has 1 fully saturated rings. The minimum atomic E-state index is -3.00. The van der Waals surface area contributed by atoms with Gasteiger partial charge in [-0.15, -0.1) is 0 Å². The van der Waals surface area contributed by atoms with E-state index in [1.165, 1.54) is 6.26 Å². The number of fused-ring (bicyclic) bond motifs is 1. The van der Waals surface area contributed by atoms with Crippen LogP contribution in [0.2, 0.25) is 0 Å². The van der Waals surface area contributed by atoms with Crippen LogP contribution in [0.5, 0.6) is 5.75 Å². The van der Waals surface area contributed by atoms with Gasteiger partial charge in [0.15, 0.2) is 5.82 Å². The molecule has 4 aromatic heterocycles. The Morgan fingerprint density at radius 3 is 2.74 bits per heavy atom. The fraction of sp³-hybridized carbons (Fsp3) is 0.333. The van der Waals surface area contributed by atoms with E-state index in [-0.39, 0.29) is 17.7 Å². The average Bonchev–Trinajstić information content (AvgIpc) is 3.25. The zero-order valence-corrected chi connectivity index (χ0v) is 20.3. The third-order valence-corrected chi connectivity index (χ3v) is 7.47. The lowest BCUT2D eigenvalue weighted by atomic mass is 9.91. The maximum absolute atomic E-state index is 11.7. The Labute approximate surface area is 198 Å². The lowest BCUT2D eigenvalue weighted by molar-refractivity contribution is 0.341. The van der Waals surface area contributed by atoms with Gasteiger partial charge >= 0.3 is 0 Å². The summed E-state index contributed by atoms with van der Waals surface area (Å²) in [6.07, 6.45) is 8.27. The normalized spacial score (nSPS) is 18.2. The summed E-state index contributed by atoms with van der Waals surface area (Å²) in [6.45, 7) is 4.71. The number of methoxy groups -OCH3 is 1. The molecular weight excluding hydrogens is 452 g/mol. The molecule has 4 aromatic rings. The first kappa shape index (κ1) is 22.3. The first-order valence-electron chi connectivity index (χ1n) is 11.0. The molecule has 0 N–H and O–H groups in total. The van der Waals surface area contributed by atoms with Crippen LogP contribution in [0.15, 0.2) is 49.1 Å². The SMILES string of the molecule is COc1ccncc1-c1cc2c(cnn2-c2cc(N3C[C@H](CS(C)(=O)=O)[C@H]3C)ccn2)c(C)n1. The number of hydrogen-bond donors (Lipinski definition) is 0. The van der Waals surface area contributed by atoms with E-state index in [4.69, 9.17) is 9.72 Å². The Kier molecular flexibility index (Phi) is 5.47. The molecule has 176 valence electrons. The van der Waals surface area contributed by atoms with E-state index in [9.17, 15) is 8.42 Å². The number of pyridine rings is 3. The van der Waals surface area contributed by atoms with Gasteiger partial charge in [-0.05, 0) is 32.0 Å². The van der Waals surface area contributed by atoms with E-state index >= 15 is 0 Å². The number of hydrogen-bond acceptors (Lipinski definition) is 8. The van der Waals surface area contributed by atoms with Crippen LogP contribution < -0.4 is 9.64 Å². The molecule has 1 saturated heterocycles. The summed E-state index contributed by atoms with van der Waals surface area (Å²) in [4.78, 5) is 15.7. The summed E-state index contributed by atoms with van der Waals surface area (Å²) in [5, 5.41) is 5.53. The zero-order chi connectivity index (χ0) is 24.0. The number of rotatable bonds is 6. The molecule has 0 aromatic carbocycles. The number of sulfone groups is 1. The summed E-state index contributed by atoms with van der Waals surface area (Å²) in [6, 6.07) is 7.85. The monoisotopic (exact) mass is 478 g/mol. The van der Waals surface area contributed by atoms with Gasteiger partial charge in [0.05, 0.1) is 35.8 Å². The second-order valence-corrected chi connectivity index (χ2v) is 11.0. The molecule has 1 aliphatic rings. The van der Waals surface area contributed by atoms with Gasteiger partial charge in [0.1, 0.15) is 15.6 Å². The minimum absolute atomic E-state index is 0.128. The second kappa shape index (κ2) is 8.35. The summed E-state index contributed by atoms with van der Waals surface area (Å²) in [5.74, 6) is 1.71. The van der Waals surface area contributed by atoms with Crippen molar-refractivity contribution in [3.05, 3.63) is 54.7 Å². The van der Waals surface area contributed by atoms with Gasteiger partial charge in [-0.1, -0.05) is 0 Å². The average molecular weight is 479 g/mol. The Morgan fingerprint density at radius 1 is 1.18 bits per heavy atom. The summed E-state index contributed by atoms with van der Waals surface area (Å²) >= 11 is 0. The van der Waals surface area contributed by atoms with Crippen molar-refractivity contribution in [3.63, 3.8) is 0 Å². The first-order chi connectivity index (χ1) is 16.2. The molecule has 0 aliphatic carbocycles. The van der Waals surface area contributed by atoms with Crippen molar-refractivity contribution < 1.29 is 13.2 Å². The number of nitrogens with zero attached hydrogens (tertiary/aromatic N) is 6. The standard InChI is InChI=1S/C24H26N6O3S/c1-15-19-12-27-30(22(19)10-21(28-15)20-11-25-7-6-23(20)33-3)24-9-18(5-8-26-24)29-13-17(16(29)2)14-34(4,31)32/h5-12,16-17H,13-14H2,1-4H3/t16-,17-/m1/s1. The maximum Gasteiger partial charge on any atom is 0.156 e. The Bertz CT molecular complexity index is 1480. The van der Waals surface area contributed by atoms with Crippen molar-refractivity contribution >= 4 is 26.4 Å². The van der Waals surface area contributed by atoms with Crippen LogP contribution in [-0.4, -0.2) is 64.9 Å². The molecule has 5 rings (SSSR count). The van der Waals surface area contributed by atoms with E-state index < -0.39 is 9.84 Å². The van der Waals surface area contributed by atoms with Crippen LogP contribution >= 0.6 is 0 Å². The number of anilines is 1. The van der Waals surface area contributed by atoms with Gasteiger partial charge in [0.25, 0.3) is 0 Å². The molecule has 9 nitrogen and oxygen atoms in total. The first-order valence-corrected chi connectivity index (χ1v) is 13.1. The fourth-order valence-electron chi connectivity index (χ4n) is 4.56. The third-order valence-electron chi connectivity index (χ3n) is 6.43. The van der Waals surface area contributed by atoms with Crippen molar-refractivity contribution in [1.29, 1.82) is 0 Å². The van der Waals surface area contributed by atoms with Crippen molar-refractivity contribution in [1.82, 2.24) is 24.7 Å². The lowest BCUT2D eigenvalue weighted by Gasteiger charge is -2.47. The molecule has 0 saturated carbocycles. The molecule has 10 heteroatoms. The lowest BCUT2D eigenvalue weighted by Crippen LogP contribution is -2.57. The van der Waals surface area contributed by atoms with E-state index in [2.05, 4.69) is 26.9 Å². The molecule has 2 atom stereocenters. The molecule has 0 unspecified atom stereocenters. The zero-order valence-electron chi connectivity index (χ0n) is 19.5. The van der Waals surface area contributed by atoms with Crippen molar-refractivity contribution in [2.45, 2.75) is 19.9 Å². The minimum Gasteiger partial charge on any atom is -0.496 e. The maximum atomic E-state index is 11.7. The Hall–Kier alpha value is -3.53. The molecule has 0 amide bonds. The second-order valence-electron chi connectivity index (χ2n) is 8.78. The van der Waals surface area contributed by atoms with Gasteiger partial charge in [0.2, 0.25) is 0 Å². The molecule has 0 spiro atoms. The highest BCUT2D eigenvalue weighted by molar-refractivity contribution is 7.90. The van der Waals surface area contributed by atoms with Crippen LogP contribution in [0.25, 0.3) is 28.0 Å². The van der Waals surface area contributed by atoms with E-state index in [0.717, 1.165) is 33.5 Å². The topological polar surface area (TPSA) is 103 Å². The third kappa shape index (κ3) is 3.98. The molecule has 5 heterocycles. The number of aryl methyl sites for hydroxylation is 1. The van der Waals surface area contributed by atoms with Gasteiger partial charge in [-0.25, -0.2) is 18.1 Å². The molecule has 1 aliphatic heterocycles. The van der Waals surface area contributed by atoms with Gasteiger partial charge in [-0.2, -0.15) is 5.10 Å². The molecular formula is C24H26N6O3S. The fourth-order valence-corrected chi connectivity index (χ4v) is 5.72. The van der Waals surface area contributed by atoms with Crippen LogP contribution in [0.3, 0.4) is 0 Å². The number of aromatic nitrogens is 5. The van der Waals surface area contributed by atoms with E-state index in [0.29, 0.717) is 18.1 Å². The number of ether oxygens (including phenoxy) is 1. The molecule has 34 heavy (non-hydrogen) atoms. The predicted octanol–water partition coefficient (Wildman–Crippen LogP) is 3.06. The van der Waals surface area contributed by atoms with Crippen LogP contribution in [0, 0.1) is 12.8 Å².